The van der Waals surface area contributed by atoms with Gasteiger partial charge >= 0.3 is 0 Å². The number of benzene rings is 4. The van der Waals surface area contributed by atoms with Gasteiger partial charge in [-0.05, 0) is 70.8 Å². The third-order valence-corrected chi connectivity index (χ3v) is 6.45. The average molecular weight is 535 g/mol. The van der Waals surface area contributed by atoms with E-state index in [0.29, 0.717) is 30.5 Å². The number of rotatable bonds is 7. The molecular weight excluding hydrogens is 508 g/mol. The first-order chi connectivity index (χ1) is 19.6. The molecule has 2 unspecified atom stereocenters. The van der Waals surface area contributed by atoms with Gasteiger partial charge in [-0.2, -0.15) is 0 Å². The molecule has 40 heavy (non-hydrogen) atoms. The molecule has 6 rings (SSSR count). The van der Waals surface area contributed by atoms with Gasteiger partial charge in [0.05, 0.1) is 13.1 Å². The number of aromatic nitrogens is 3. The summed E-state index contributed by atoms with van der Waals surface area (Å²) in [5.41, 5.74) is 3.98. The highest BCUT2D eigenvalue weighted by molar-refractivity contribution is 5.65. The van der Waals surface area contributed by atoms with Crippen LogP contribution in [0.3, 0.4) is 0 Å². The Morgan fingerprint density at radius 2 is 0.950 bits per heavy atom. The van der Waals surface area contributed by atoms with E-state index in [4.69, 9.17) is 14.2 Å². The summed E-state index contributed by atoms with van der Waals surface area (Å²) in [5.74, 6) is 2.24. The van der Waals surface area contributed by atoms with E-state index in [1.165, 1.54) is 12.7 Å². The summed E-state index contributed by atoms with van der Waals surface area (Å²) in [4.78, 5) is 14.4. The predicted octanol–water partition coefficient (Wildman–Crippen LogP) is 5.26. The van der Waals surface area contributed by atoms with E-state index in [9.17, 15) is 10.2 Å². The molecule has 200 valence electrons. The smallest absolute Gasteiger partial charge is 0.228 e. The van der Waals surface area contributed by atoms with Gasteiger partial charge in [0.2, 0.25) is 18.5 Å². The van der Waals surface area contributed by atoms with Gasteiger partial charge in [-0.25, -0.2) is 15.0 Å². The lowest BCUT2D eigenvalue weighted by Gasteiger charge is -2.37. The summed E-state index contributed by atoms with van der Waals surface area (Å²) in [6.07, 6.45) is 1.61. The number of phenolic OH excluding ortho intramolecular Hbond substituents is 2. The van der Waals surface area contributed by atoms with Gasteiger partial charge in [0.15, 0.2) is 0 Å². The number of ether oxygens (including phenoxy) is 3. The Bertz CT molecular complexity index is 1430. The second-order valence-corrected chi connectivity index (χ2v) is 9.22. The Kier molecular flexibility index (Phi) is 7.11. The topological polar surface area (TPSA) is 110 Å². The van der Waals surface area contributed by atoms with Crippen LogP contribution in [0.5, 0.6) is 23.0 Å². The molecule has 0 saturated carbocycles. The quantitative estimate of drug-likeness (QED) is 0.289. The van der Waals surface area contributed by atoms with Crippen LogP contribution in [-0.4, -0.2) is 50.8 Å². The molecule has 0 aliphatic carbocycles. The van der Waals surface area contributed by atoms with Crippen molar-refractivity contribution in [1.82, 2.24) is 15.0 Å². The van der Waals surface area contributed by atoms with E-state index in [2.05, 4.69) is 15.0 Å². The van der Waals surface area contributed by atoms with Crippen molar-refractivity contribution in [3.05, 3.63) is 110 Å². The maximum atomic E-state index is 9.55. The van der Waals surface area contributed by atoms with Crippen LogP contribution in [0.4, 0.5) is 5.95 Å². The third kappa shape index (κ3) is 5.95. The highest BCUT2D eigenvalue weighted by atomic mass is 16.8. The van der Waals surface area contributed by atoms with Crippen molar-refractivity contribution in [2.45, 2.75) is 12.6 Å². The first-order valence-electron chi connectivity index (χ1n) is 12.7. The molecule has 0 spiro atoms. The molecule has 9 nitrogen and oxygen atoms in total. The predicted molar refractivity (Wildman–Crippen MR) is 149 cm³/mol. The zero-order valence-corrected chi connectivity index (χ0v) is 21.4. The highest BCUT2D eigenvalue weighted by Gasteiger charge is 2.32. The third-order valence-electron chi connectivity index (χ3n) is 6.45. The van der Waals surface area contributed by atoms with Crippen LogP contribution in [0.25, 0.3) is 22.3 Å². The molecule has 4 aromatic carbocycles. The van der Waals surface area contributed by atoms with Crippen LogP contribution in [0, 0.1) is 0 Å². The van der Waals surface area contributed by atoms with E-state index in [-0.39, 0.29) is 11.5 Å². The summed E-state index contributed by atoms with van der Waals surface area (Å²) < 4.78 is 18.6. The van der Waals surface area contributed by atoms with Crippen molar-refractivity contribution in [2.24, 2.45) is 0 Å². The summed E-state index contributed by atoms with van der Waals surface area (Å²) in [6, 6.07) is 29.4. The highest BCUT2D eigenvalue weighted by Crippen LogP contribution is 2.28. The summed E-state index contributed by atoms with van der Waals surface area (Å²) >= 11 is 0. The van der Waals surface area contributed by atoms with E-state index in [0.717, 1.165) is 22.3 Å². The van der Waals surface area contributed by atoms with Crippen molar-refractivity contribution < 1.29 is 24.4 Å². The fourth-order valence-electron chi connectivity index (χ4n) is 4.44. The second kappa shape index (κ2) is 11.3. The standard InChI is InChI=1S/C31H26N4O5/c36-25-9-1-21(2-10-25)23-5-13-27(14-6-23)38-29-17-35(31-33-19-32-20-34-31)18-30(40-29)39-28-15-7-24(8-16-28)22-3-11-26(37)12-4-22/h1-16,19-20,29-30,36-37H,17-18H2. The molecule has 5 aromatic rings. The molecule has 1 aliphatic heterocycles. The van der Waals surface area contributed by atoms with Crippen LogP contribution < -0.4 is 14.4 Å². The summed E-state index contributed by atoms with van der Waals surface area (Å²) in [7, 11) is 0. The van der Waals surface area contributed by atoms with Gasteiger partial charge in [-0.3, -0.25) is 4.74 Å². The largest absolute Gasteiger partial charge is 0.508 e. The molecule has 9 heteroatoms. The van der Waals surface area contributed by atoms with Crippen molar-refractivity contribution >= 4 is 5.95 Å². The Morgan fingerprint density at radius 1 is 0.575 bits per heavy atom. The fourth-order valence-corrected chi connectivity index (χ4v) is 4.44. The normalized spacial score (nSPS) is 16.9. The maximum absolute atomic E-state index is 9.55. The molecule has 0 amide bonds. The van der Waals surface area contributed by atoms with Crippen LogP contribution >= 0.6 is 0 Å². The van der Waals surface area contributed by atoms with E-state index in [1.54, 1.807) is 24.3 Å². The molecular formula is C31H26N4O5. The Morgan fingerprint density at radius 3 is 1.35 bits per heavy atom. The number of morpholine rings is 1. The Labute approximate surface area is 230 Å². The van der Waals surface area contributed by atoms with Crippen molar-refractivity contribution in [3.8, 4) is 45.3 Å². The lowest BCUT2D eigenvalue weighted by atomic mass is 10.1. The minimum Gasteiger partial charge on any atom is -0.508 e. The van der Waals surface area contributed by atoms with Gasteiger partial charge in [-0.15, -0.1) is 0 Å². The number of aromatic hydroxyl groups is 2. The SMILES string of the molecule is Oc1ccc(-c2ccc(OC3CN(c4ncncn4)CC(Oc4ccc(-c5ccc(O)cc5)cc4)O3)cc2)cc1. The Hall–Kier alpha value is -5.15. The molecule has 1 aromatic heterocycles. The van der Waals surface area contributed by atoms with Crippen LogP contribution in [0.2, 0.25) is 0 Å². The van der Waals surface area contributed by atoms with Crippen LogP contribution in [0.15, 0.2) is 110 Å². The summed E-state index contributed by atoms with van der Waals surface area (Å²) in [6.45, 7) is 0.784. The molecule has 2 atom stereocenters. The lowest BCUT2D eigenvalue weighted by molar-refractivity contribution is -0.192. The van der Waals surface area contributed by atoms with Crippen LogP contribution in [0.1, 0.15) is 0 Å². The van der Waals surface area contributed by atoms with Gasteiger partial charge in [0.1, 0.15) is 35.7 Å². The molecule has 1 aliphatic rings. The van der Waals surface area contributed by atoms with Gasteiger partial charge in [0, 0.05) is 0 Å². The van der Waals surface area contributed by atoms with Gasteiger partial charge < -0.3 is 24.6 Å². The van der Waals surface area contributed by atoms with E-state index < -0.39 is 12.6 Å². The first kappa shape index (κ1) is 25.1. The molecule has 2 heterocycles. The molecule has 1 saturated heterocycles. The number of nitrogens with zero attached hydrogens (tertiary/aromatic N) is 4. The van der Waals surface area contributed by atoms with E-state index in [1.807, 2.05) is 77.7 Å². The van der Waals surface area contributed by atoms with E-state index >= 15 is 0 Å². The van der Waals surface area contributed by atoms with Gasteiger partial charge in [0.25, 0.3) is 0 Å². The first-order valence-corrected chi connectivity index (χ1v) is 12.7. The zero-order valence-electron chi connectivity index (χ0n) is 21.4. The maximum Gasteiger partial charge on any atom is 0.228 e. The minimum atomic E-state index is -0.647. The van der Waals surface area contributed by atoms with Crippen LogP contribution in [-0.2, 0) is 4.74 Å². The fraction of sp³-hybridized carbons (Fsp3) is 0.129. The van der Waals surface area contributed by atoms with Crippen molar-refractivity contribution in [1.29, 1.82) is 0 Å². The zero-order chi connectivity index (χ0) is 27.3. The second-order valence-electron chi connectivity index (χ2n) is 9.22. The monoisotopic (exact) mass is 534 g/mol. The lowest BCUT2D eigenvalue weighted by Crippen LogP contribution is -2.52. The molecule has 0 radical (unpaired) electrons. The molecule has 2 N–H and O–H groups in total. The number of hydrogen-bond acceptors (Lipinski definition) is 9. The molecule has 0 bridgehead atoms. The minimum absolute atomic E-state index is 0.228. The molecule has 1 fully saturated rings. The Balaban J connectivity index is 1.17. The number of anilines is 1. The van der Waals surface area contributed by atoms with Gasteiger partial charge in [-0.1, -0.05) is 48.5 Å². The van der Waals surface area contributed by atoms with Crippen molar-refractivity contribution in [3.63, 3.8) is 0 Å². The average Bonchev–Trinajstić information content (AvgIpc) is 2.99. The summed E-state index contributed by atoms with van der Waals surface area (Å²) in [5, 5.41) is 19.1. The number of hydrogen-bond donors (Lipinski definition) is 2. The number of phenols is 2. The van der Waals surface area contributed by atoms with Crippen molar-refractivity contribution in [2.75, 3.05) is 18.0 Å².